The van der Waals surface area contributed by atoms with Crippen molar-refractivity contribution in [1.29, 1.82) is 0 Å². The molecular weight excluding hydrogens is 321 g/mol. The second kappa shape index (κ2) is 5.59. The highest BCUT2D eigenvalue weighted by molar-refractivity contribution is 9.10. The van der Waals surface area contributed by atoms with Crippen LogP contribution in [0.2, 0.25) is 5.02 Å². The highest BCUT2D eigenvalue weighted by atomic mass is 79.9. The molecule has 0 aliphatic heterocycles. The zero-order valence-corrected chi connectivity index (χ0v) is 11.5. The van der Waals surface area contributed by atoms with Crippen molar-refractivity contribution in [1.82, 2.24) is 4.98 Å². The maximum absolute atomic E-state index is 13.0. The zero-order valence-electron chi connectivity index (χ0n) is 9.16. The molecule has 2 aromatic rings. The molecule has 92 valence electrons. The van der Waals surface area contributed by atoms with Crippen LogP contribution in [0.25, 0.3) is 0 Å². The van der Waals surface area contributed by atoms with Crippen LogP contribution in [0.5, 0.6) is 0 Å². The van der Waals surface area contributed by atoms with E-state index in [2.05, 4.69) is 20.9 Å². The molecule has 0 radical (unpaired) electrons. The Morgan fingerprint density at radius 1 is 1.33 bits per heavy atom. The van der Waals surface area contributed by atoms with Crippen molar-refractivity contribution in [3.8, 4) is 0 Å². The SMILES string of the molecule is O=C(Cc1ccc(F)c(Cl)c1)c1cncc(Br)c1. The summed E-state index contributed by atoms with van der Waals surface area (Å²) in [7, 11) is 0. The van der Waals surface area contributed by atoms with Crippen molar-refractivity contribution in [3.05, 3.63) is 63.1 Å². The van der Waals surface area contributed by atoms with Gasteiger partial charge < -0.3 is 0 Å². The fourth-order valence-corrected chi connectivity index (χ4v) is 2.07. The van der Waals surface area contributed by atoms with E-state index in [1.54, 1.807) is 18.3 Å². The molecule has 0 spiro atoms. The van der Waals surface area contributed by atoms with E-state index in [9.17, 15) is 9.18 Å². The van der Waals surface area contributed by atoms with Gasteiger partial charge in [0.1, 0.15) is 5.82 Å². The van der Waals surface area contributed by atoms with E-state index in [1.165, 1.54) is 18.3 Å². The van der Waals surface area contributed by atoms with Crippen molar-refractivity contribution < 1.29 is 9.18 Å². The molecule has 2 rings (SSSR count). The van der Waals surface area contributed by atoms with Crippen LogP contribution in [0.15, 0.2) is 41.1 Å². The minimum absolute atomic E-state index is 0.0210. The van der Waals surface area contributed by atoms with E-state index >= 15 is 0 Å². The number of halogens is 3. The zero-order chi connectivity index (χ0) is 13.1. The summed E-state index contributed by atoms with van der Waals surface area (Å²) >= 11 is 8.91. The first-order chi connectivity index (χ1) is 8.56. The molecule has 0 saturated carbocycles. The topological polar surface area (TPSA) is 30.0 Å². The Balaban J connectivity index is 2.18. The van der Waals surface area contributed by atoms with Crippen molar-refractivity contribution in [2.75, 3.05) is 0 Å². The lowest BCUT2D eigenvalue weighted by molar-refractivity contribution is 0.0992. The maximum atomic E-state index is 13.0. The highest BCUT2D eigenvalue weighted by Crippen LogP contribution is 2.18. The van der Waals surface area contributed by atoms with Crippen LogP contribution in [-0.4, -0.2) is 10.8 Å². The molecular formula is C13H8BrClFNO. The summed E-state index contributed by atoms with van der Waals surface area (Å²) in [4.78, 5) is 15.9. The molecule has 0 saturated heterocycles. The predicted molar refractivity (Wildman–Crippen MR) is 71.4 cm³/mol. The Labute approximate surface area is 117 Å². The minimum Gasteiger partial charge on any atom is -0.294 e. The molecule has 0 amide bonds. The lowest BCUT2D eigenvalue weighted by Crippen LogP contribution is -2.04. The first kappa shape index (κ1) is 13.2. The van der Waals surface area contributed by atoms with Crippen LogP contribution in [0, 0.1) is 5.82 Å². The number of benzene rings is 1. The summed E-state index contributed by atoms with van der Waals surface area (Å²) in [6.45, 7) is 0. The number of ketones is 1. The van der Waals surface area contributed by atoms with Crippen LogP contribution in [0.1, 0.15) is 15.9 Å². The lowest BCUT2D eigenvalue weighted by Gasteiger charge is -2.03. The molecule has 1 aromatic carbocycles. The third kappa shape index (κ3) is 3.15. The Bertz CT molecular complexity index is 603. The van der Waals surface area contributed by atoms with Crippen LogP contribution in [-0.2, 0) is 6.42 Å². The molecule has 0 N–H and O–H groups in total. The van der Waals surface area contributed by atoms with Crippen molar-refractivity contribution in [3.63, 3.8) is 0 Å². The normalized spacial score (nSPS) is 10.4. The maximum Gasteiger partial charge on any atom is 0.168 e. The quantitative estimate of drug-likeness (QED) is 0.795. The van der Waals surface area contributed by atoms with Gasteiger partial charge in [-0.05, 0) is 39.7 Å². The molecule has 2 nitrogen and oxygen atoms in total. The number of aromatic nitrogens is 1. The monoisotopic (exact) mass is 327 g/mol. The van der Waals surface area contributed by atoms with Crippen LogP contribution in [0.3, 0.4) is 0 Å². The van der Waals surface area contributed by atoms with E-state index in [1.807, 2.05) is 0 Å². The first-order valence-corrected chi connectivity index (χ1v) is 6.31. The summed E-state index contributed by atoms with van der Waals surface area (Å²) in [6.07, 6.45) is 3.27. The van der Waals surface area contributed by atoms with E-state index in [0.717, 1.165) is 4.47 Å². The van der Waals surface area contributed by atoms with Gasteiger partial charge in [-0.25, -0.2) is 4.39 Å². The minimum atomic E-state index is -0.489. The average Bonchev–Trinajstić information content (AvgIpc) is 2.34. The number of hydrogen-bond acceptors (Lipinski definition) is 2. The van der Waals surface area contributed by atoms with E-state index < -0.39 is 5.82 Å². The first-order valence-electron chi connectivity index (χ1n) is 5.14. The lowest BCUT2D eigenvalue weighted by atomic mass is 10.0. The number of Topliss-reactive ketones (excluding diaryl/α,β-unsaturated/α-hetero) is 1. The van der Waals surface area contributed by atoms with Crippen LogP contribution in [0.4, 0.5) is 4.39 Å². The third-order valence-corrected chi connectivity index (χ3v) is 3.10. The Morgan fingerprint density at radius 3 is 2.78 bits per heavy atom. The second-order valence-corrected chi connectivity index (χ2v) is 5.06. The number of nitrogens with zero attached hydrogens (tertiary/aromatic N) is 1. The largest absolute Gasteiger partial charge is 0.294 e. The molecule has 18 heavy (non-hydrogen) atoms. The summed E-state index contributed by atoms with van der Waals surface area (Å²) in [5.41, 5.74) is 1.18. The number of pyridine rings is 1. The molecule has 1 aromatic heterocycles. The van der Waals surface area contributed by atoms with Crippen molar-refractivity contribution in [2.24, 2.45) is 0 Å². The van der Waals surface area contributed by atoms with Gasteiger partial charge in [-0.15, -0.1) is 0 Å². The van der Waals surface area contributed by atoms with Gasteiger partial charge in [0.2, 0.25) is 0 Å². The van der Waals surface area contributed by atoms with Gasteiger partial charge in [0.15, 0.2) is 5.78 Å². The summed E-state index contributed by atoms with van der Waals surface area (Å²) in [5.74, 6) is -0.580. The summed E-state index contributed by atoms with van der Waals surface area (Å²) < 4.78 is 13.7. The number of hydrogen-bond donors (Lipinski definition) is 0. The van der Waals surface area contributed by atoms with E-state index in [0.29, 0.717) is 11.1 Å². The van der Waals surface area contributed by atoms with Gasteiger partial charge in [0.25, 0.3) is 0 Å². The molecule has 0 fully saturated rings. The van der Waals surface area contributed by atoms with Gasteiger partial charge in [0.05, 0.1) is 5.02 Å². The molecule has 0 atom stereocenters. The summed E-state index contributed by atoms with van der Waals surface area (Å²) in [6, 6.07) is 5.95. The molecule has 0 aliphatic rings. The van der Waals surface area contributed by atoms with Gasteiger partial charge >= 0.3 is 0 Å². The van der Waals surface area contributed by atoms with Gasteiger partial charge in [-0.1, -0.05) is 17.7 Å². The average molecular weight is 329 g/mol. The second-order valence-electron chi connectivity index (χ2n) is 3.74. The fraction of sp³-hybridized carbons (Fsp3) is 0.0769. The fourth-order valence-electron chi connectivity index (χ4n) is 1.50. The van der Waals surface area contributed by atoms with Gasteiger partial charge in [-0.3, -0.25) is 9.78 Å². The van der Waals surface area contributed by atoms with E-state index in [4.69, 9.17) is 11.6 Å². The number of carbonyl (C=O) groups is 1. The summed E-state index contributed by atoms with van der Waals surface area (Å²) in [5, 5.41) is 0.0210. The van der Waals surface area contributed by atoms with Crippen molar-refractivity contribution >= 4 is 33.3 Å². The van der Waals surface area contributed by atoms with Crippen LogP contribution >= 0.6 is 27.5 Å². The van der Waals surface area contributed by atoms with Gasteiger partial charge in [-0.2, -0.15) is 0 Å². The highest BCUT2D eigenvalue weighted by Gasteiger charge is 2.09. The Morgan fingerprint density at radius 2 is 2.11 bits per heavy atom. The molecule has 0 unspecified atom stereocenters. The smallest absolute Gasteiger partial charge is 0.168 e. The third-order valence-electron chi connectivity index (χ3n) is 2.38. The molecule has 5 heteroatoms. The number of rotatable bonds is 3. The Hall–Kier alpha value is -1.26. The predicted octanol–water partition coefficient (Wildman–Crippen LogP) is 4.06. The van der Waals surface area contributed by atoms with E-state index in [-0.39, 0.29) is 17.2 Å². The number of carbonyl (C=O) groups excluding carboxylic acids is 1. The Kier molecular flexibility index (Phi) is 4.09. The van der Waals surface area contributed by atoms with Gasteiger partial charge in [0, 0.05) is 28.9 Å². The van der Waals surface area contributed by atoms with Crippen LogP contribution < -0.4 is 0 Å². The molecule has 0 bridgehead atoms. The molecule has 1 heterocycles. The standard InChI is InChI=1S/C13H8BrClFNO/c14-10-5-9(6-17-7-10)13(18)4-8-1-2-12(16)11(15)3-8/h1-3,5-7H,4H2. The molecule has 0 aliphatic carbocycles. The van der Waals surface area contributed by atoms with Crippen molar-refractivity contribution in [2.45, 2.75) is 6.42 Å².